The van der Waals surface area contributed by atoms with Gasteiger partial charge in [-0.15, -0.1) is 0 Å². The van der Waals surface area contributed by atoms with Crippen LogP contribution in [0, 0.1) is 0 Å². The van der Waals surface area contributed by atoms with Crippen LogP contribution in [-0.4, -0.2) is 17.2 Å². The van der Waals surface area contributed by atoms with E-state index in [-0.39, 0.29) is 6.04 Å². The highest BCUT2D eigenvalue weighted by atomic mass is 16.4. The Morgan fingerprint density at radius 2 is 0.615 bits per heavy atom. The maximum absolute atomic E-state index is 11.2. The van der Waals surface area contributed by atoms with E-state index in [4.69, 9.17) is 0 Å². The molecule has 0 saturated carbocycles. The molecule has 0 spiro atoms. The normalized spacial score (nSPS) is 11.5. The van der Waals surface area contributed by atoms with E-state index in [0.717, 1.165) is 12.8 Å². The van der Waals surface area contributed by atoms with E-state index in [2.05, 4.69) is 19.2 Å². The fraction of sp³-hybridized carbons (Fsp3) is 0.972. The molecule has 1 amide bonds. The molecular weight excluding hydrogens is 478 g/mol. The number of hydrogen-bond donors (Lipinski definition) is 2. The highest BCUT2D eigenvalue weighted by Crippen LogP contribution is 2.17. The predicted molar refractivity (Wildman–Crippen MR) is 174 cm³/mol. The van der Waals surface area contributed by atoms with Crippen molar-refractivity contribution in [3.63, 3.8) is 0 Å². The van der Waals surface area contributed by atoms with Gasteiger partial charge in [-0.1, -0.05) is 206 Å². The Labute approximate surface area is 246 Å². The SMILES string of the molecule is CCCCCCCCCCCCCCCCCC(CCCCCCCCCCCCCCCCC)NC(=O)O. The number of carboxylic acid groups (broad SMARTS) is 1. The Morgan fingerprint density at radius 3 is 0.821 bits per heavy atom. The zero-order valence-corrected chi connectivity index (χ0v) is 27.1. The minimum absolute atomic E-state index is 0.159. The lowest BCUT2D eigenvalue weighted by atomic mass is 9.99. The molecule has 0 aromatic carbocycles. The number of hydrogen-bond acceptors (Lipinski definition) is 1. The van der Waals surface area contributed by atoms with Gasteiger partial charge in [0.2, 0.25) is 0 Å². The van der Waals surface area contributed by atoms with Crippen molar-refractivity contribution in [1.82, 2.24) is 5.32 Å². The lowest BCUT2D eigenvalue weighted by molar-refractivity contribution is 0.187. The average molecular weight is 552 g/mol. The highest BCUT2D eigenvalue weighted by molar-refractivity contribution is 5.64. The molecule has 234 valence electrons. The standard InChI is InChI=1S/C36H73NO2/c1-3-5-7-9-11-13-15-17-19-21-23-25-27-29-31-33-35(37-36(38)39)34-32-30-28-26-24-22-20-18-16-14-12-10-8-6-4-2/h35,37H,3-34H2,1-2H3,(H,38,39). The van der Waals surface area contributed by atoms with Crippen LogP contribution in [0.25, 0.3) is 0 Å². The van der Waals surface area contributed by atoms with Gasteiger partial charge >= 0.3 is 6.09 Å². The van der Waals surface area contributed by atoms with Gasteiger partial charge in [0, 0.05) is 6.04 Å². The summed E-state index contributed by atoms with van der Waals surface area (Å²) in [6, 6.07) is 0.159. The van der Waals surface area contributed by atoms with Crippen LogP contribution >= 0.6 is 0 Å². The molecule has 3 heteroatoms. The minimum atomic E-state index is -0.845. The summed E-state index contributed by atoms with van der Waals surface area (Å²) < 4.78 is 0. The lowest BCUT2D eigenvalue weighted by Crippen LogP contribution is -2.33. The van der Waals surface area contributed by atoms with E-state index in [0.29, 0.717) is 0 Å². The van der Waals surface area contributed by atoms with Gasteiger partial charge in [0.15, 0.2) is 0 Å². The van der Waals surface area contributed by atoms with Gasteiger partial charge in [0.25, 0.3) is 0 Å². The first-order valence-electron chi connectivity index (χ1n) is 18.2. The molecule has 2 N–H and O–H groups in total. The Balaban J connectivity index is 3.48. The third kappa shape index (κ3) is 33.4. The molecule has 0 heterocycles. The molecule has 0 bridgehead atoms. The predicted octanol–water partition coefficient (Wildman–Crippen LogP) is 13.1. The second kappa shape index (κ2) is 33.5. The van der Waals surface area contributed by atoms with Gasteiger partial charge in [-0.3, -0.25) is 0 Å². The van der Waals surface area contributed by atoms with Crippen LogP contribution in [0.1, 0.15) is 219 Å². The second-order valence-corrected chi connectivity index (χ2v) is 12.6. The van der Waals surface area contributed by atoms with Gasteiger partial charge in [-0.2, -0.15) is 0 Å². The zero-order chi connectivity index (χ0) is 28.5. The van der Waals surface area contributed by atoms with Crippen molar-refractivity contribution in [2.24, 2.45) is 0 Å². The Hall–Kier alpha value is -0.730. The quantitative estimate of drug-likeness (QED) is 0.0797. The second-order valence-electron chi connectivity index (χ2n) is 12.6. The summed E-state index contributed by atoms with van der Waals surface area (Å²) in [5.41, 5.74) is 0. The summed E-state index contributed by atoms with van der Waals surface area (Å²) in [7, 11) is 0. The summed E-state index contributed by atoms with van der Waals surface area (Å²) in [5.74, 6) is 0. The van der Waals surface area contributed by atoms with E-state index in [1.165, 1.54) is 193 Å². The molecule has 0 aliphatic heterocycles. The van der Waals surface area contributed by atoms with E-state index >= 15 is 0 Å². The van der Waals surface area contributed by atoms with E-state index in [9.17, 15) is 9.90 Å². The fourth-order valence-corrected chi connectivity index (χ4v) is 5.99. The lowest BCUT2D eigenvalue weighted by Gasteiger charge is -2.17. The summed E-state index contributed by atoms with van der Waals surface area (Å²) in [6.07, 6.45) is 42.5. The van der Waals surface area contributed by atoms with Crippen molar-refractivity contribution < 1.29 is 9.90 Å². The van der Waals surface area contributed by atoms with Crippen LogP contribution in [0.2, 0.25) is 0 Å². The van der Waals surface area contributed by atoms with Crippen molar-refractivity contribution in [2.75, 3.05) is 0 Å². The summed E-state index contributed by atoms with van der Waals surface area (Å²) >= 11 is 0. The van der Waals surface area contributed by atoms with Crippen molar-refractivity contribution in [3.05, 3.63) is 0 Å². The first-order chi connectivity index (χ1) is 19.2. The van der Waals surface area contributed by atoms with Crippen molar-refractivity contribution >= 4 is 6.09 Å². The first kappa shape index (κ1) is 38.3. The smallest absolute Gasteiger partial charge is 0.404 e. The van der Waals surface area contributed by atoms with E-state index < -0.39 is 6.09 Å². The van der Waals surface area contributed by atoms with Crippen molar-refractivity contribution in [2.45, 2.75) is 225 Å². The Bertz CT molecular complexity index is 433. The molecule has 0 aliphatic carbocycles. The molecule has 0 atom stereocenters. The van der Waals surface area contributed by atoms with Gasteiger partial charge < -0.3 is 10.4 Å². The van der Waals surface area contributed by atoms with Crippen LogP contribution in [-0.2, 0) is 0 Å². The van der Waals surface area contributed by atoms with E-state index in [1.54, 1.807) is 0 Å². The monoisotopic (exact) mass is 552 g/mol. The van der Waals surface area contributed by atoms with Crippen LogP contribution in [0.4, 0.5) is 4.79 Å². The number of unbranched alkanes of at least 4 members (excludes halogenated alkanes) is 28. The molecule has 0 aliphatic rings. The highest BCUT2D eigenvalue weighted by Gasteiger charge is 2.10. The number of nitrogens with one attached hydrogen (secondary N) is 1. The molecular formula is C36H73NO2. The molecule has 0 aromatic rings. The Kier molecular flexibility index (Phi) is 32.8. The summed E-state index contributed by atoms with van der Waals surface area (Å²) in [4.78, 5) is 11.2. The maximum atomic E-state index is 11.2. The van der Waals surface area contributed by atoms with E-state index in [1.807, 2.05) is 0 Å². The molecule has 0 fully saturated rings. The van der Waals surface area contributed by atoms with Crippen LogP contribution < -0.4 is 5.32 Å². The zero-order valence-electron chi connectivity index (χ0n) is 27.1. The number of amides is 1. The minimum Gasteiger partial charge on any atom is -0.465 e. The molecule has 3 nitrogen and oxygen atoms in total. The summed E-state index contributed by atoms with van der Waals surface area (Å²) in [6.45, 7) is 4.58. The maximum Gasteiger partial charge on any atom is 0.404 e. The van der Waals surface area contributed by atoms with Gasteiger partial charge in [0.1, 0.15) is 0 Å². The van der Waals surface area contributed by atoms with Crippen molar-refractivity contribution in [1.29, 1.82) is 0 Å². The first-order valence-corrected chi connectivity index (χ1v) is 18.2. The average Bonchev–Trinajstić information content (AvgIpc) is 2.92. The molecule has 0 aromatic heterocycles. The molecule has 0 rings (SSSR count). The fourth-order valence-electron chi connectivity index (χ4n) is 5.99. The molecule has 0 unspecified atom stereocenters. The third-order valence-corrected chi connectivity index (χ3v) is 8.64. The topological polar surface area (TPSA) is 49.3 Å². The van der Waals surface area contributed by atoms with Gasteiger partial charge in [-0.05, 0) is 12.8 Å². The number of rotatable bonds is 33. The van der Waals surface area contributed by atoms with Gasteiger partial charge in [0.05, 0.1) is 0 Å². The summed E-state index contributed by atoms with van der Waals surface area (Å²) in [5, 5.41) is 12.0. The van der Waals surface area contributed by atoms with Crippen molar-refractivity contribution in [3.8, 4) is 0 Å². The van der Waals surface area contributed by atoms with Crippen LogP contribution in [0.3, 0.4) is 0 Å². The molecule has 0 radical (unpaired) electrons. The van der Waals surface area contributed by atoms with Crippen LogP contribution in [0.15, 0.2) is 0 Å². The third-order valence-electron chi connectivity index (χ3n) is 8.64. The van der Waals surface area contributed by atoms with Gasteiger partial charge in [-0.25, -0.2) is 4.79 Å². The number of carbonyl (C=O) groups is 1. The molecule has 0 saturated heterocycles. The Morgan fingerprint density at radius 1 is 0.410 bits per heavy atom. The molecule has 39 heavy (non-hydrogen) atoms. The largest absolute Gasteiger partial charge is 0.465 e. The van der Waals surface area contributed by atoms with Crippen LogP contribution in [0.5, 0.6) is 0 Å².